The van der Waals surface area contributed by atoms with Crippen molar-refractivity contribution in [1.82, 2.24) is 14.9 Å². The maximum Gasteiger partial charge on any atom is 0.254 e. The summed E-state index contributed by atoms with van der Waals surface area (Å²) in [7, 11) is 0. The van der Waals surface area contributed by atoms with E-state index >= 15 is 0 Å². The first-order valence-corrected chi connectivity index (χ1v) is 7.62. The molecular formula is C14H17N3O2S. The number of nitrogens with one attached hydrogen (secondary N) is 1. The van der Waals surface area contributed by atoms with E-state index in [1.54, 1.807) is 11.3 Å². The lowest BCUT2D eigenvalue weighted by Gasteiger charge is -2.27. The molecule has 0 unspecified atom stereocenters. The Hall–Kier alpha value is -1.50. The maximum absolute atomic E-state index is 12.2. The lowest BCUT2D eigenvalue weighted by molar-refractivity contribution is 0.0269. The first-order valence-electron chi connectivity index (χ1n) is 6.74. The fourth-order valence-electron chi connectivity index (χ4n) is 2.35. The SMILES string of the molecule is CCOCN1CCc2c(nc(-c3cccs3)[nH]c2=O)C1. The molecule has 1 aliphatic rings. The lowest BCUT2D eigenvalue weighted by Crippen LogP contribution is -2.36. The van der Waals surface area contributed by atoms with Crippen LogP contribution in [0.25, 0.3) is 10.7 Å². The second-order valence-corrected chi connectivity index (χ2v) is 5.69. The Morgan fingerprint density at radius 3 is 3.20 bits per heavy atom. The van der Waals surface area contributed by atoms with E-state index in [4.69, 9.17) is 4.74 Å². The quantitative estimate of drug-likeness (QED) is 0.934. The number of nitrogens with zero attached hydrogens (tertiary/aromatic N) is 2. The van der Waals surface area contributed by atoms with Gasteiger partial charge in [0.05, 0.1) is 17.3 Å². The van der Waals surface area contributed by atoms with Gasteiger partial charge in [0.25, 0.3) is 5.56 Å². The number of fused-ring (bicyclic) bond motifs is 1. The van der Waals surface area contributed by atoms with Gasteiger partial charge in [-0.1, -0.05) is 6.07 Å². The molecule has 1 aliphatic heterocycles. The van der Waals surface area contributed by atoms with Crippen LogP contribution in [-0.4, -0.2) is 34.8 Å². The van der Waals surface area contributed by atoms with Crippen LogP contribution in [-0.2, 0) is 17.7 Å². The molecule has 0 aromatic carbocycles. The minimum atomic E-state index is -0.00513. The third-order valence-electron chi connectivity index (χ3n) is 3.39. The topological polar surface area (TPSA) is 58.2 Å². The molecule has 0 saturated heterocycles. The van der Waals surface area contributed by atoms with Gasteiger partial charge in [-0.3, -0.25) is 9.69 Å². The van der Waals surface area contributed by atoms with Crippen molar-refractivity contribution < 1.29 is 4.74 Å². The van der Waals surface area contributed by atoms with Crippen molar-refractivity contribution >= 4 is 11.3 Å². The highest BCUT2D eigenvalue weighted by atomic mass is 32.1. The first kappa shape index (κ1) is 13.5. The standard InChI is InChI=1S/C14H17N3O2S/c1-2-19-9-17-6-5-10-11(8-17)15-13(16-14(10)18)12-4-3-7-20-12/h3-4,7H,2,5-6,8-9H2,1H3,(H,15,16,18). The highest BCUT2D eigenvalue weighted by molar-refractivity contribution is 7.13. The molecule has 3 heterocycles. The Morgan fingerprint density at radius 2 is 2.45 bits per heavy atom. The van der Waals surface area contributed by atoms with Crippen molar-refractivity contribution in [3.8, 4) is 10.7 Å². The van der Waals surface area contributed by atoms with Crippen LogP contribution < -0.4 is 5.56 Å². The van der Waals surface area contributed by atoms with Gasteiger partial charge in [0.15, 0.2) is 5.82 Å². The highest BCUT2D eigenvalue weighted by Crippen LogP contribution is 2.22. The van der Waals surface area contributed by atoms with E-state index in [0.717, 1.165) is 29.1 Å². The Balaban J connectivity index is 1.90. The van der Waals surface area contributed by atoms with Gasteiger partial charge < -0.3 is 9.72 Å². The van der Waals surface area contributed by atoms with Crippen molar-refractivity contribution in [2.45, 2.75) is 19.9 Å². The molecule has 0 spiro atoms. The molecule has 3 rings (SSSR count). The summed E-state index contributed by atoms with van der Waals surface area (Å²) in [5, 5.41) is 1.98. The summed E-state index contributed by atoms with van der Waals surface area (Å²) in [6, 6.07) is 3.93. The van der Waals surface area contributed by atoms with Crippen molar-refractivity contribution in [2.24, 2.45) is 0 Å². The van der Waals surface area contributed by atoms with Crippen LogP contribution in [0.15, 0.2) is 22.3 Å². The molecule has 2 aromatic rings. The highest BCUT2D eigenvalue weighted by Gasteiger charge is 2.21. The van der Waals surface area contributed by atoms with E-state index in [-0.39, 0.29) is 5.56 Å². The molecular weight excluding hydrogens is 274 g/mol. The predicted octanol–water partition coefficient (Wildman–Crippen LogP) is 1.85. The monoisotopic (exact) mass is 291 g/mol. The van der Waals surface area contributed by atoms with Gasteiger partial charge >= 0.3 is 0 Å². The average molecular weight is 291 g/mol. The normalized spacial score (nSPS) is 15.2. The molecule has 2 aromatic heterocycles. The van der Waals surface area contributed by atoms with Crippen molar-refractivity contribution in [2.75, 3.05) is 19.9 Å². The van der Waals surface area contributed by atoms with E-state index < -0.39 is 0 Å². The molecule has 0 saturated carbocycles. The summed E-state index contributed by atoms with van der Waals surface area (Å²) in [5.74, 6) is 0.669. The average Bonchev–Trinajstić information content (AvgIpc) is 2.99. The number of H-pyrrole nitrogens is 1. The fourth-order valence-corrected chi connectivity index (χ4v) is 3.02. The number of aromatic nitrogens is 2. The molecule has 0 amide bonds. The van der Waals surface area contributed by atoms with Crippen molar-refractivity contribution in [3.05, 3.63) is 39.1 Å². The Morgan fingerprint density at radius 1 is 1.55 bits per heavy atom. The lowest BCUT2D eigenvalue weighted by atomic mass is 10.1. The van der Waals surface area contributed by atoms with Gasteiger partial charge in [0, 0.05) is 25.3 Å². The summed E-state index contributed by atoms with van der Waals surface area (Å²) >= 11 is 1.58. The zero-order valence-electron chi connectivity index (χ0n) is 11.4. The van der Waals surface area contributed by atoms with Crippen molar-refractivity contribution in [3.63, 3.8) is 0 Å². The zero-order valence-corrected chi connectivity index (χ0v) is 12.2. The van der Waals surface area contributed by atoms with E-state index in [0.29, 0.717) is 25.7 Å². The van der Waals surface area contributed by atoms with Crippen LogP contribution >= 0.6 is 11.3 Å². The molecule has 20 heavy (non-hydrogen) atoms. The van der Waals surface area contributed by atoms with Crippen LogP contribution in [0, 0.1) is 0 Å². The van der Waals surface area contributed by atoms with E-state index in [1.807, 2.05) is 24.4 Å². The summed E-state index contributed by atoms with van der Waals surface area (Å²) < 4.78 is 5.43. The predicted molar refractivity (Wildman–Crippen MR) is 78.8 cm³/mol. The number of hydrogen-bond acceptors (Lipinski definition) is 5. The Kier molecular flexibility index (Phi) is 3.95. The van der Waals surface area contributed by atoms with E-state index in [1.165, 1.54) is 0 Å². The minimum Gasteiger partial charge on any atom is -0.366 e. The molecule has 0 aliphatic carbocycles. The van der Waals surface area contributed by atoms with E-state index in [9.17, 15) is 4.79 Å². The molecule has 6 heteroatoms. The van der Waals surface area contributed by atoms with Gasteiger partial charge in [-0.2, -0.15) is 0 Å². The van der Waals surface area contributed by atoms with E-state index in [2.05, 4.69) is 14.9 Å². The van der Waals surface area contributed by atoms with Crippen LogP contribution in [0.5, 0.6) is 0 Å². The zero-order chi connectivity index (χ0) is 13.9. The smallest absolute Gasteiger partial charge is 0.254 e. The summed E-state index contributed by atoms with van der Waals surface area (Å²) in [5.41, 5.74) is 1.69. The van der Waals surface area contributed by atoms with Gasteiger partial charge in [0.1, 0.15) is 0 Å². The first-order chi connectivity index (χ1) is 9.78. The van der Waals surface area contributed by atoms with Gasteiger partial charge in [-0.05, 0) is 24.8 Å². The number of thiophene rings is 1. The van der Waals surface area contributed by atoms with Gasteiger partial charge in [0.2, 0.25) is 0 Å². The largest absolute Gasteiger partial charge is 0.366 e. The molecule has 1 N–H and O–H groups in total. The van der Waals surface area contributed by atoms with Crippen molar-refractivity contribution in [1.29, 1.82) is 0 Å². The second-order valence-electron chi connectivity index (χ2n) is 4.74. The second kappa shape index (κ2) is 5.87. The molecule has 5 nitrogen and oxygen atoms in total. The molecule has 0 radical (unpaired) electrons. The summed E-state index contributed by atoms with van der Waals surface area (Å²) in [6.07, 6.45) is 0.732. The third kappa shape index (κ3) is 2.67. The van der Waals surface area contributed by atoms with Gasteiger partial charge in [-0.15, -0.1) is 11.3 Å². The fraction of sp³-hybridized carbons (Fsp3) is 0.429. The van der Waals surface area contributed by atoms with Crippen LogP contribution in [0.2, 0.25) is 0 Å². The molecule has 0 bridgehead atoms. The van der Waals surface area contributed by atoms with Crippen LogP contribution in [0.4, 0.5) is 0 Å². The molecule has 0 atom stereocenters. The summed E-state index contributed by atoms with van der Waals surface area (Å²) in [6.45, 7) is 4.80. The number of ether oxygens (including phenoxy) is 1. The molecule has 106 valence electrons. The van der Waals surface area contributed by atoms with Gasteiger partial charge in [-0.25, -0.2) is 4.98 Å². The number of aromatic amines is 1. The number of hydrogen-bond donors (Lipinski definition) is 1. The third-order valence-corrected chi connectivity index (χ3v) is 4.26. The van der Waals surface area contributed by atoms with Crippen LogP contribution in [0.1, 0.15) is 18.2 Å². The maximum atomic E-state index is 12.2. The minimum absolute atomic E-state index is 0.00513. The summed E-state index contributed by atoms with van der Waals surface area (Å²) in [4.78, 5) is 22.9. The molecule has 0 fully saturated rings. The Bertz CT molecular complexity index is 636. The van der Waals surface area contributed by atoms with Crippen LogP contribution in [0.3, 0.4) is 0 Å². The Labute approximate surface area is 121 Å². The number of rotatable bonds is 4.